The first-order chi connectivity index (χ1) is 12.3. The summed E-state index contributed by atoms with van der Waals surface area (Å²) < 4.78 is 0. The van der Waals surface area contributed by atoms with E-state index < -0.39 is 0 Å². The summed E-state index contributed by atoms with van der Waals surface area (Å²) >= 11 is 0. The van der Waals surface area contributed by atoms with Crippen LogP contribution in [0.2, 0.25) is 0 Å². The van der Waals surface area contributed by atoms with Gasteiger partial charge in [0.25, 0.3) is 0 Å². The van der Waals surface area contributed by atoms with Crippen molar-refractivity contribution in [1.82, 2.24) is 10.2 Å². The van der Waals surface area contributed by atoms with Gasteiger partial charge in [0, 0.05) is 24.7 Å². The van der Waals surface area contributed by atoms with E-state index in [0.29, 0.717) is 12.1 Å². The number of aliphatic hydroxyl groups is 1. The Labute approximate surface area is 153 Å². The maximum Gasteiger partial charge on any atom is 0.0431 e. The number of rotatable bonds is 7. The fourth-order valence-electron chi connectivity index (χ4n) is 4.85. The monoisotopic (exact) mass is 344 g/mol. The van der Waals surface area contributed by atoms with Gasteiger partial charge < -0.3 is 15.3 Å². The molecule has 3 unspecified atom stereocenters. The SMILES string of the molecule is CC1CCCCC1N1CCC(NC(CCCO)c2ccccc2)CC1. The van der Waals surface area contributed by atoms with E-state index in [-0.39, 0.29) is 6.61 Å². The minimum Gasteiger partial charge on any atom is -0.396 e. The first-order valence-electron chi connectivity index (χ1n) is 10.4. The van der Waals surface area contributed by atoms with Crippen LogP contribution >= 0.6 is 0 Å². The molecule has 1 heterocycles. The molecule has 0 spiro atoms. The van der Waals surface area contributed by atoms with E-state index >= 15 is 0 Å². The maximum absolute atomic E-state index is 9.24. The van der Waals surface area contributed by atoms with Crippen LogP contribution in [-0.4, -0.2) is 41.8 Å². The lowest BCUT2D eigenvalue weighted by molar-refractivity contribution is 0.0792. The largest absolute Gasteiger partial charge is 0.396 e. The van der Waals surface area contributed by atoms with Gasteiger partial charge in [-0.15, -0.1) is 0 Å². The summed E-state index contributed by atoms with van der Waals surface area (Å²) in [4.78, 5) is 2.77. The summed E-state index contributed by atoms with van der Waals surface area (Å²) in [6.45, 7) is 5.22. The summed E-state index contributed by atoms with van der Waals surface area (Å²) in [7, 11) is 0. The quantitative estimate of drug-likeness (QED) is 0.780. The van der Waals surface area contributed by atoms with Gasteiger partial charge >= 0.3 is 0 Å². The molecule has 1 aliphatic heterocycles. The molecule has 25 heavy (non-hydrogen) atoms. The molecule has 3 atom stereocenters. The number of hydrogen-bond acceptors (Lipinski definition) is 3. The average molecular weight is 345 g/mol. The normalized spacial score (nSPS) is 27.3. The van der Waals surface area contributed by atoms with Crippen LogP contribution in [0.15, 0.2) is 30.3 Å². The molecule has 1 aromatic carbocycles. The molecule has 1 saturated heterocycles. The molecule has 1 aromatic rings. The lowest BCUT2D eigenvalue weighted by Crippen LogP contribution is -2.49. The Balaban J connectivity index is 1.52. The highest BCUT2D eigenvalue weighted by Gasteiger charge is 2.30. The van der Waals surface area contributed by atoms with Gasteiger partial charge in [0.15, 0.2) is 0 Å². The third-order valence-electron chi connectivity index (χ3n) is 6.35. The van der Waals surface area contributed by atoms with Crippen molar-refractivity contribution in [2.45, 2.75) is 76.4 Å². The summed E-state index contributed by atoms with van der Waals surface area (Å²) in [6, 6.07) is 12.6. The van der Waals surface area contributed by atoms with Crippen LogP contribution < -0.4 is 5.32 Å². The van der Waals surface area contributed by atoms with Gasteiger partial charge in [-0.2, -0.15) is 0 Å². The summed E-state index contributed by atoms with van der Waals surface area (Å²) in [5, 5.41) is 13.1. The predicted molar refractivity (Wildman–Crippen MR) is 105 cm³/mol. The van der Waals surface area contributed by atoms with Crippen molar-refractivity contribution in [3.63, 3.8) is 0 Å². The Hall–Kier alpha value is -0.900. The van der Waals surface area contributed by atoms with Crippen molar-refractivity contribution in [1.29, 1.82) is 0 Å². The van der Waals surface area contributed by atoms with Gasteiger partial charge in [0.05, 0.1) is 0 Å². The Kier molecular flexibility index (Phi) is 7.33. The van der Waals surface area contributed by atoms with E-state index in [0.717, 1.165) is 24.8 Å². The van der Waals surface area contributed by atoms with E-state index in [1.165, 1.54) is 57.2 Å². The van der Waals surface area contributed by atoms with Crippen molar-refractivity contribution in [3.8, 4) is 0 Å². The van der Waals surface area contributed by atoms with Gasteiger partial charge in [0.2, 0.25) is 0 Å². The second-order valence-corrected chi connectivity index (χ2v) is 8.14. The van der Waals surface area contributed by atoms with Crippen LogP contribution in [0.3, 0.4) is 0 Å². The second kappa shape index (κ2) is 9.70. The lowest BCUT2D eigenvalue weighted by Gasteiger charge is -2.43. The van der Waals surface area contributed by atoms with Crippen molar-refractivity contribution < 1.29 is 5.11 Å². The molecule has 0 aromatic heterocycles. The number of aliphatic hydroxyl groups excluding tert-OH is 1. The maximum atomic E-state index is 9.24. The Morgan fingerprint density at radius 2 is 1.80 bits per heavy atom. The molecule has 0 amide bonds. The first-order valence-corrected chi connectivity index (χ1v) is 10.4. The van der Waals surface area contributed by atoms with E-state index in [1.54, 1.807) is 0 Å². The van der Waals surface area contributed by atoms with Crippen molar-refractivity contribution >= 4 is 0 Å². The summed E-state index contributed by atoms with van der Waals surface area (Å²) in [6.07, 6.45) is 10.1. The van der Waals surface area contributed by atoms with Crippen LogP contribution in [0.5, 0.6) is 0 Å². The third kappa shape index (κ3) is 5.29. The van der Waals surface area contributed by atoms with Gasteiger partial charge in [-0.3, -0.25) is 0 Å². The zero-order valence-electron chi connectivity index (χ0n) is 15.9. The highest BCUT2D eigenvalue weighted by atomic mass is 16.2. The van der Waals surface area contributed by atoms with Crippen LogP contribution in [0, 0.1) is 5.92 Å². The molecule has 2 N–H and O–H groups in total. The molecular formula is C22H36N2O. The molecule has 2 aliphatic rings. The smallest absolute Gasteiger partial charge is 0.0431 e. The third-order valence-corrected chi connectivity index (χ3v) is 6.35. The lowest BCUT2D eigenvalue weighted by atomic mass is 9.84. The minimum absolute atomic E-state index is 0.281. The highest BCUT2D eigenvalue weighted by Crippen LogP contribution is 2.30. The molecular weight excluding hydrogens is 308 g/mol. The molecule has 0 radical (unpaired) electrons. The Bertz CT molecular complexity index is 484. The summed E-state index contributed by atoms with van der Waals surface area (Å²) in [5.74, 6) is 0.875. The number of nitrogens with zero attached hydrogens (tertiary/aromatic N) is 1. The van der Waals surface area contributed by atoms with E-state index in [9.17, 15) is 5.11 Å². The van der Waals surface area contributed by atoms with E-state index in [1.807, 2.05) is 0 Å². The molecule has 2 fully saturated rings. The number of piperidine rings is 1. The molecule has 3 nitrogen and oxygen atoms in total. The molecule has 0 bridgehead atoms. The van der Waals surface area contributed by atoms with Gasteiger partial charge in [-0.1, -0.05) is 50.1 Å². The van der Waals surface area contributed by atoms with E-state index in [2.05, 4.69) is 47.5 Å². The Morgan fingerprint density at radius 1 is 1.08 bits per heavy atom. The fourth-order valence-corrected chi connectivity index (χ4v) is 4.85. The van der Waals surface area contributed by atoms with Crippen molar-refractivity contribution in [2.24, 2.45) is 5.92 Å². The van der Waals surface area contributed by atoms with E-state index in [4.69, 9.17) is 0 Å². The zero-order valence-corrected chi connectivity index (χ0v) is 15.9. The van der Waals surface area contributed by atoms with Gasteiger partial charge in [-0.25, -0.2) is 0 Å². The van der Waals surface area contributed by atoms with Crippen LogP contribution in [0.25, 0.3) is 0 Å². The molecule has 140 valence electrons. The minimum atomic E-state index is 0.281. The summed E-state index contributed by atoms with van der Waals surface area (Å²) in [5.41, 5.74) is 1.36. The zero-order chi connectivity index (χ0) is 17.5. The molecule has 3 heteroatoms. The number of likely N-dealkylation sites (tertiary alicyclic amines) is 1. The fraction of sp³-hybridized carbons (Fsp3) is 0.727. The second-order valence-electron chi connectivity index (χ2n) is 8.14. The molecule has 1 aliphatic carbocycles. The van der Waals surface area contributed by atoms with Crippen molar-refractivity contribution in [2.75, 3.05) is 19.7 Å². The number of hydrogen-bond donors (Lipinski definition) is 2. The molecule has 1 saturated carbocycles. The molecule has 3 rings (SSSR count). The number of benzene rings is 1. The topological polar surface area (TPSA) is 35.5 Å². The average Bonchev–Trinajstić information content (AvgIpc) is 2.67. The van der Waals surface area contributed by atoms with Crippen LogP contribution in [-0.2, 0) is 0 Å². The van der Waals surface area contributed by atoms with Gasteiger partial charge in [-0.05, 0) is 63.1 Å². The number of nitrogens with one attached hydrogen (secondary N) is 1. The predicted octanol–water partition coefficient (Wildman–Crippen LogP) is 4.13. The van der Waals surface area contributed by atoms with Crippen molar-refractivity contribution in [3.05, 3.63) is 35.9 Å². The highest BCUT2D eigenvalue weighted by molar-refractivity contribution is 5.19. The standard InChI is InChI=1S/C22H36N2O/c1-18-8-5-6-12-22(18)24-15-13-20(14-16-24)23-21(11-7-17-25)19-9-3-2-4-10-19/h2-4,9-10,18,20-23,25H,5-8,11-17H2,1H3. The van der Waals surface area contributed by atoms with Crippen LogP contribution in [0.1, 0.15) is 69.9 Å². The van der Waals surface area contributed by atoms with Crippen LogP contribution in [0.4, 0.5) is 0 Å². The van der Waals surface area contributed by atoms with Gasteiger partial charge in [0.1, 0.15) is 0 Å². The Morgan fingerprint density at radius 3 is 2.48 bits per heavy atom. The first kappa shape index (κ1) is 18.9.